The van der Waals surface area contributed by atoms with Crippen LogP contribution in [0.15, 0.2) is 0 Å². The maximum atomic E-state index is 11.1. The molecule has 0 heterocycles. The van der Waals surface area contributed by atoms with Gasteiger partial charge >= 0.3 is 5.97 Å². The Hall–Kier alpha value is -0.710. The van der Waals surface area contributed by atoms with Crippen molar-refractivity contribution in [3.63, 3.8) is 0 Å². The number of carbonyl (C=O) groups excluding carboxylic acids is 1. The Morgan fingerprint density at radius 3 is 2.12 bits per heavy atom. The molecule has 1 N–H and O–H groups in total. The van der Waals surface area contributed by atoms with Crippen molar-refractivity contribution in [2.24, 2.45) is 0 Å². The van der Waals surface area contributed by atoms with Gasteiger partial charge in [-0.05, 0) is 6.92 Å². The maximum absolute atomic E-state index is 11.1. The minimum absolute atomic E-state index is 0.907. The van der Waals surface area contributed by atoms with Gasteiger partial charge in [0.25, 0.3) is 20.2 Å². The molecule has 0 fully saturated rings. The van der Waals surface area contributed by atoms with E-state index in [2.05, 4.69) is 8.92 Å². The van der Waals surface area contributed by atoms with Crippen LogP contribution < -0.4 is 0 Å². The molecule has 0 aliphatic carbocycles. The van der Waals surface area contributed by atoms with E-state index in [1.807, 2.05) is 0 Å². The van der Waals surface area contributed by atoms with Gasteiger partial charge in [-0.3, -0.25) is 8.74 Å². The van der Waals surface area contributed by atoms with Crippen molar-refractivity contribution in [1.82, 2.24) is 0 Å². The second kappa shape index (κ2) is 5.57. The van der Waals surface area contributed by atoms with E-state index in [1.54, 1.807) is 0 Å². The number of methoxy groups -OCH3 is 1. The lowest BCUT2D eigenvalue weighted by atomic mass is 10.4. The Labute approximate surface area is 93.4 Å². The predicted octanol–water partition coefficient (Wildman–Crippen LogP) is -1.22. The molecule has 0 spiro atoms. The standard InChI is InChI=1S/C6H12O8S2/c1-5(6(7)13-2)14-16(11,12)4-3-15(8,9)10/h5H,3-4H2,1-2H3,(H,8,9,10). The average molecular weight is 276 g/mol. The van der Waals surface area contributed by atoms with E-state index in [4.69, 9.17) is 4.55 Å². The van der Waals surface area contributed by atoms with E-state index >= 15 is 0 Å². The minimum Gasteiger partial charge on any atom is -0.467 e. The molecule has 0 aromatic carbocycles. The summed E-state index contributed by atoms with van der Waals surface area (Å²) in [4.78, 5) is 10.8. The summed E-state index contributed by atoms with van der Waals surface area (Å²) in [6, 6.07) is 0. The molecule has 0 saturated carbocycles. The first-order chi connectivity index (χ1) is 7.07. The number of hydrogen-bond donors (Lipinski definition) is 1. The zero-order valence-electron chi connectivity index (χ0n) is 8.61. The molecule has 0 aliphatic heterocycles. The van der Waals surface area contributed by atoms with Crippen LogP contribution in [0.25, 0.3) is 0 Å². The SMILES string of the molecule is COC(=O)C(C)OS(=O)(=O)CCS(=O)(=O)O. The normalized spacial score (nSPS) is 14.4. The summed E-state index contributed by atoms with van der Waals surface area (Å²) in [6.07, 6.45) is -1.36. The van der Waals surface area contributed by atoms with Gasteiger partial charge in [-0.15, -0.1) is 0 Å². The highest BCUT2D eigenvalue weighted by Gasteiger charge is 2.24. The van der Waals surface area contributed by atoms with Crippen LogP contribution in [-0.4, -0.2) is 52.1 Å². The van der Waals surface area contributed by atoms with E-state index in [-0.39, 0.29) is 0 Å². The highest BCUT2D eigenvalue weighted by Crippen LogP contribution is 2.03. The van der Waals surface area contributed by atoms with Gasteiger partial charge in [-0.25, -0.2) is 4.79 Å². The molecule has 8 nitrogen and oxygen atoms in total. The summed E-state index contributed by atoms with van der Waals surface area (Å²) in [6.45, 7) is 1.14. The van der Waals surface area contributed by atoms with Crippen LogP contribution >= 0.6 is 0 Å². The van der Waals surface area contributed by atoms with E-state index < -0.39 is 43.8 Å². The number of esters is 1. The summed E-state index contributed by atoms with van der Waals surface area (Å²) in [7, 11) is -7.55. The molecule has 0 aromatic rings. The van der Waals surface area contributed by atoms with Crippen LogP contribution in [0.2, 0.25) is 0 Å². The number of rotatable bonds is 6. The molecule has 0 saturated heterocycles. The Morgan fingerprint density at radius 1 is 1.25 bits per heavy atom. The second-order valence-corrected chi connectivity index (χ2v) is 6.10. The molecule has 0 amide bonds. The Morgan fingerprint density at radius 2 is 1.75 bits per heavy atom. The molecular weight excluding hydrogens is 264 g/mol. The summed E-state index contributed by atoms with van der Waals surface area (Å²) in [5.41, 5.74) is 0. The molecule has 0 bridgehead atoms. The number of carbonyl (C=O) groups is 1. The van der Waals surface area contributed by atoms with Crippen molar-refractivity contribution in [2.75, 3.05) is 18.6 Å². The first kappa shape index (κ1) is 15.3. The molecule has 0 aliphatic rings. The van der Waals surface area contributed by atoms with Gasteiger partial charge in [0.15, 0.2) is 6.10 Å². The second-order valence-electron chi connectivity index (χ2n) is 2.81. The molecule has 10 heteroatoms. The Bertz CT molecular complexity index is 433. The van der Waals surface area contributed by atoms with E-state index in [0.717, 1.165) is 14.0 Å². The molecular formula is C6H12O8S2. The molecule has 16 heavy (non-hydrogen) atoms. The fourth-order valence-corrected chi connectivity index (χ4v) is 2.95. The summed E-state index contributed by atoms with van der Waals surface area (Å²) in [5, 5.41) is 0. The van der Waals surface area contributed by atoms with Crippen molar-refractivity contribution < 1.29 is 35.1 Å². The third-order valence-electron chi connectivity index (χ3n) is 1.42. The largest absolute Gasteiger partial charge is 0.467 e. The monoisotopic (exact) mass is 276 g/mol. The van der Waals surface area contributed by atoms with Gasteiger partial charge in [-0.1, -0.05) is 0 Å². The van der Waals surface area contributed by atoms with Crippen LogP contribution in [0.5, 0.6) is 0 Å². The van der Waals surface area contributed by atoms with E-state index in [9.17, 15) is 21.6 Å². The smallest absolute Gasteiger partial charge is 0.336 e. The molecule has 1 atom stereocenters. The Balaban J connectivity index is 4.43. The van der Waals surface area contributed by atoms with Crippen molar-refractivity contribution in [3.05, 3.63) is 0 Å². The fourth-order valence-electron chi connectivity index (χ4n) is 0.681. The molecule has 0 radical (unpaired) electrons. The highest BCUT2D eigenvalue weighted by molar-refractivity contribution is 7.90. The molecule has 96 valence electrons. The summed E-state index contributed by atoms with van der Waals surface area (Å²) < 4.78 is 59.6. The number of ether oxygens (including phenoxy) is 1. The van der Waals surface area contributed by atoms with Gasteiger partial charge in [0, 0.05) is 0 Å². The van der Waals surface area contributed by atoms with E-state index in [0.29, 0.717) is 0 Å². The van der Waals surface area contributed by atoms with Crippen LogP contribution in [0.1, 0.15) is 6.92 Å². The third-order valence-corrected chi connectivity index (χ3v) is 3.68. The maximum Gasteiger partial charge on any atom is 0.336 e. The average Bonchev–Trinajstić information content (AvgIpc) is 2.12. The minimum atomic E-state index is -4.39. The van der Waals surface area contributed by atoms with Crippen LogP contribution in [0, 0.1) is 0 Å². The number of hydrogen-bond acceptors (Lipinski definition) is 7. The van der Waals surface area contributed by atoms with E-state index in [1.165, 1.54) is 0 Å². The summed E-state index contributed by atoms with van der Waals surface area (Å²) >= 11 is 0. The summed E-state index contributed by atoms with van der Waals surface area (Å²) in [5.74, 6) is -2.84. The Kier molecular flexibility index (Phi) is 5.32. The van der Waals surface area contributed by atoms with Crippen LogP contribution in [0.3, 0.4) is 0 Å². The van der Waals surface area contributed by atoms with Gasteiger partial charge in [0.1, 0.15) is 0 Å². The van der Waals surface area contributed by atoms with Gasteiger partial charge in [0.2, 0.25) is 0 Å². The third kappa shape index (κ3) is 6.71. The predicted molar refractivity (Wildman–Crippen MR) is 52.8 cm³/mol. The quantitative estimate of drug-likeness (QED) is 0.364. The zero-order chi connectivity index (χ0) is 13.0. The van der Waals surface area contributed by atoms with Crippen molar-refractivity contribution in [3.8, 4) is 0 Å². The van der Waals surface area contributed by atoms with Crippen molar-refractivity contribution in [1.29, 1.82) is 0 Å². The fraction of sp³-hybridized carbons (Fsp3) is 0.833. The first-order valence-electron chi connectivity index (χ1n) is 4.01. The first-order valence-corrected chi connectivity index (χ1v) is 7.20. The molecule has 1 unspecified atom stereocenters. The van der Waals surface area contributed by atoms with Gasteiger partial charge < -0.3 is 4.74 Å². The van der Waals surface area contributed by atoms with Crippen molar-refractivity contribution >= 4 is 26.2 Å². The lowest BCUT2D eigenvalue weighted by molar-refractivity contribution is -0.147. The molecule has 0 aromatic heterocycles. The molecule has 0 rings (SSSR count). The lowest BCUT2D eigenvalue weighted by Crippen LogP contribution is -2.28. The topological polar surface area (TPSA) is 124 Å². The van der Waals surface area contributed by atoms with Gasteiger partial charge in [0.05, 0.1) is 18.6 Å². The van der Waals surface area contributed by atoms with Crippen LogP contribution in [-0.2, 0) is 34.0 Å². The van der Waals surface area contributed by atoms with Crippen LogP contribution in [0.4, 0.5) is 0 Å². The lowest BCUT2D eigenvalue weighted by Gasteiger charge is -2.10. The van der Waals surface area contributed by atoms with Gasteiger partial charge in [-0.2, -0.15) is 16.8 Å². The zero-order valence-corrected chi connectivity index (χ0v) is 10.2. The highest BCUT2D eigenvalue weighted by atomic mass is 32.2. The van der Waals surface area contributed by atoms with Crippen molar-refractivity contribution in [2.45, 2.75) is 13.0 Å².